The van der Waals surface area contributed by atoms with E-state index in [2.05, 4.69) is 31.4 Å². The first kappa shape index (κ1) is 22.6. The van der Waals surface area contributed by atoms with Crippen molar-refractivity contribution in [3.8, 4) is 0 Å². The number of hydrogen-bond acceptors (Lipinski definition) is 2. The molecule has 1 saturated carbocycles. The first-order valence-corrected chi connectivity index (χ1v) is 11.6. The van der Waals surface area contributed by atoms with Crippen LogP contribution in [0, 0.1) is 11.7 Å². The molecule has 1 heterocycles. The van der Waals surface area contributed by atoms with Crippen molar-refractivity contribution in [2.24, 2.45) is 10.9 Å². The molecule has 0 spiro atoms. The molecule has 30 heavy (non-hydrogen) atoms. The summed E-state index contributed by atoms with van der Waals surface area (Å²) in [7, 11) is 0. The van der Waals surface area contributed by atoms with Gasteiger partial charge in [-0.2, -0.15) is 0 Å². The Morgan fingerprint density at radius 2 is 1.87 bits per heavy atom. The number of aliphatic imine (C=N–C) groups is 1. The molecule has 2 N–H and O–H groups in total. The molecular formula is C24H37FN4O. The number of likely N-dealkylation sites (tertiary alicyclic amines) is 1. The highest BCUT2D eigenvalue weighted by atomic mass is 19.1. The highest BCUT2D eigenvalue weighted by Crippen LogP contribution is 2.49. The zero-order chi connectivity index (χ0) is 21.6. The highest BCUT2D eigenvalue weighted by molar-refractivity contribution is 5.80. The summed E-state index contributed by atoms with van der Waals surface area (Å²) in [6.07, 6.45) is 5.63. The minimum atomic E-state index is -0.154. The van der Waals surface area contributed by atoms with Crippen LogP contribution in [0.25, 0.3) is 0 Å². The quantitative estimate of drug-likeness (QED) is 0.500. The first-order valence-electron chi connectivity index (χ1n) is 11.6. The second kappa shape index (κ2) is 10.3. The predicted octanol–water partition coefficient (Wildman–Crippen LogP) is 3.84. The van der Waals surface area contributed by atoms with Gasteiger partial charge in [0.25, 0.3) is 0 Å². The number of halogens is 1. The van der Waals surface area contributed by atoms with Gasteiger partial charge in [-0.3, -0.25) is 9.79 Å². The zero-order valence-corrected chi connectivity index (χ0v) is 18.7. The van der Waals surface area contributed by atoms with Crippen LogP contribution in [-0.4, -0.2) is 49.0 Å². The van der Waals surface area contributed by atoms with Crippen LogP contribution < -0.4 is 10.6 Å². The Morgan fingerprint density at radius 3 is 2.43 bits per heavy atom. The standard InChI is InChI=1S/C24H37FN4O/c1-4-18(5-2)22(30)29-15-11-19(12-16-29)28-23(26-6-3)27-17-24(13-14-24)20-9-7-8-10-21(20)25/h7-10,18-19H,4-6,11-17H2,1-3H3,(H2,26,27,28). The molecule has 2 aliphatic rings. The van der Waals surface area contributed by atoms with Crippen molar-refractivity contribution in [2.45, 2.75) is 70.8 Å². The van der Waals surface area contributed by atoms with Crippen LogP contribution in [-0.2, 0) is 10.2 Å². The fourth-order valence-corrected chi connectivity index (χ4v) is 4.44. The smallest absolute Gasteiger partial charge is 0.225 e. The van der Waals surface area contributed by atoms with Crippen molar-refractivity contribution >= 4 is 11.9 Å². The first-order chi connectivity index (χ1) is 14.5. The van der Waals surface area contributed by atoms with Gasteiger partial charge in [-0.05, 0) is 57.1 Å². The van der Waals surface area contributed by atoms with E-state index < -0.39 is 0 Å². The second-order valence-corrected chi connectivity index (χ2v) is 8.71. The summed E-state index contributed by atoms with van der Waals surface area (Å²) >= 11 is 0. The van der Waals surface area contributed by atoms with Gasteiger partial charge in [-0.1, -0.05) is 32.0 Å². The van der Waals surface area contributed by atoms with Crippen molar-refractivity contribution in [3.05, 3.63) is 35.6 Å². The van der Waals surface area contributed by atoms with E-state index in [0.29, 0.717) is 18.5 Å². The molecule has 5 nitrogen and oxygen atoms in total. The van der Waals surface area contributed by atoms with Crippen LogP contribution in [0.2, 0.25) is 0 Å². The molecule has 0 atom stereocenters. The Morgan fingerprint density at radius 1 is 1.20 bits per heavy atom. The van der Waals surface area contributed by atoms with Crippen LogP contribution in [0.3, 0.4) is 0 Å². The van der Waals surface area contributed by atoms with Crippen LogP contribution in [0.5, 0.6) is 0 Å². The molecule has 2 fully saturated rings. The van der Waals surface area contributed by atoms with Gasteiger partial charge in [-0.25, -0.2) is 4.39 Å². The van der Waals surface area contributed by atoms with Gasteiger partial charge in [-0.15, -0.1) is 0 Å². The van der Waals surface area contributed by atoms with Gasteiger partial charge >= 0.3 is 0 Å². The van der Waals surface area contributed by atoms with E-state index in [1.807, 2.05) is 17.0 Å². The summed E-state index contributed by atoms with van der Waals surface area (Å²) in [5.41, 5.74) is 0.636. The maximum Gasteiger partial charge on any atom is 0.225 e. The maximum atomic E-state index is 14.3. The molecule has 0 unspecified atom stereocenters. The van der Waals surface area contributed by atoms with Gasteiger partial charge in [0.2, 0.25) is 5.91 Å². The lowest BCUT2D eigenvalue weighted by Crippen LogP contribution is -2.50. The molecule has 0 aromatic heterocycles. The minimum Gasteiger partial charge on any atom is -0.357 e. The lowest BCUT2D eigenvalue weighted by molar-refractivity contribution is -0.136. The fourth-order valence-electron chi connectivity index (χ4n) is 4.44. The Bertz CT molecular complexity index is 734. The van der Waals surface area contributed by atoms with Crippen molar-refractivity contribution in [3.63, 3.8) is 0 Å². The molecule has 3 rings (SSSR count). The van der Waals surface area contributed by atoms with Gasteiger partial charge < -0.3 is 15.5 Å². The number of nitrogens with one attached hydrogen (secondary N) is 2. The van der Waals surface area contributed by atoms with Gasteiger partial charge in [0.05, 0.1) is 6.54 Å². The number of amides is 1. The number of benzene rings is 1. The van der Waals surface area contributed by atoms with E-state index in [0.717, 1.165) is 69.7 Å². The lowest BCUT2D eigenvalue weighted by Gasteiger charge is -2.35. The average molecular weight is 417 g/mol. The van der Waals surface area contributed by atoms with E-state index in [1.54, 1.807) is 12.1 Å². The number of nitrogens with zero attached hydrogens (tertiary/aromatic N) is 2. The van der Waals surface area contributed by atoms with Crippen LogP contribution in [0.15, 0.2) is 29.3 Å². The molecule has 0 radical (unpaired) electrons. The number of piperidine rings is 1. The molecule has 166 valence electrons. The lowest BCUT2D eigenvalue weighted by atomic mass is 9.95. The summed E-state index contributed by atoms with van der Waals surface area (Å²) < 4.78 is 14.3. The van der Waals surface area contributed by atoms with Crippen molar-refractivity contribution in [1.29, 1.82) is 0 Å². The molecule has 1 aromatic rings. The molecule has 1 aliphatic heterocycles. The summed E-state index contributed by atoms with van der Waals surface area (Å²) in [6, 6.07) is 7.38. The highest BCUT2D eigenvalue weighted by Gasteiger charge is 2.45. The molecular weight excluding hydrogens is 379 g/mol. The Kier molecular flexibility index (Phi) is 7.73. The van der Waals surface area contributed by atoms with Crippen LogP contribution in [0.1, 0.15) is 64.9 Å². The Labute approximate surface area is 180 Å². The summed E-state index contributed by atoms with van der Waals surface area (Å²) in [6.45, 7) is 9.20. The minimum absolute atomic E-state index is 0.127. The summed E-state index contributed by atoms with van der Waals surface area (Å²) in [5, 5.41) is 6.88. The third-order valence-corrected chi connectivity index (χ3v) is 6.67. The summed E-state index contributed by atoms with van der Waals surface area (Å²) in [4.78, 5) is 19.5. The third kappa shape index (κ3) is 5.32. The number of rotatable bonds is 8. The van der Waals surface area contributed by atoms with E-state index >= 15 is 0 Å². The largest absolute Gasteiger partial charge is 0.357 e. The molecule has 0 bridgehead atoms. The maximum absolute atomic E-state index is 14.3. The van der Waals surface area contributed by atoms with Crippen LogP contribution >= 0.6 is 0 Å². The molecule has 1 amide bonds. The normalized spacial score (nSPS) is 19.1. The second-order valence-electron chi connectivity index (χ2n) is 8.71. The third-order valence-electron chi connectivity index (χ3n) is 6.67. The number of hydrogen-bond donors (Lipinski definition) is 2. The fraction of sp³-hybridized carbons (Fsp3) is 0.667. The molecule has 1 saturated heterocycles. The zero-order valence-electron chi connectivity index (χ0n) is 18.7. The van der Waals surface area contributed by atoms with E-state index in [1.165, 1.54) is 0 Å². The molecule has 1 aromatic carbocycles. The molecule has 6 heteroatoms. The topological polar surface area (TPSA) is 56.7 Å². The van der Waals surface area contributed by atoms with Gasteiger partial charge in [0.15, 0.2) is 5.96 Å². The number of carbonyl (C=O) groups is 1. The van der Waals surface area contributed by atoms with E-state index in [9.17, 15) is 9.18 Å². The van der Waals surface area contributed by atoms with Crippen molar-refractivity contribution < 1.29 is 9.18 Å². The van der Waals surface area contributed by atoms with E-state index in [-0.39, 0.29) is 17.2 Å². The van der Waals surface area contributed by atoms with E-state index in [4.69, 9.17) is 4.99 Å². The van der Waals surface area contributed by atoms with Gasteiger partial charge in [0.1, 0.15) is 5.82 Å². The Hall–Kier alpha value is -2.11. The predicted molar refractivity (Wildman–Crippen MR) is 120 cm³/mol. The van der Waals surface area contributed by atoms with Crippen LogP contribution in [0.4, 0.5) is 4.39 Å². The van der Waals surface area contributed by atoms with Crippen molar-refractivity contribution in [2.75, 3.05) is 26.2 Å². The Balaban J connectivity index is 1.56. The van der Waals surface area contributed by atoms with Crippen molar-refractivity contribution in [1.82, 2.24) is 15.5 Å². The summed E-state index contributed by atoms with van der Waals surface area (Å²) in [5.74, 6) is 1.13. The average Bonchev–Trinajstić information content (AvgIpc) is 3.55. The van der Waals surface area contributed by atoms with Gasteiger partial charge in [0, 0.05) is 37.0 Å². The monoisotopic (exact) mass is 416 g/mol. The number of carbonyl (C=O) groups excluding carboxylic acids is 1. The number of guanidine groups is 1. The SMILES string of the molecule is CCNC(=NCC1(c2ccccc2F)CC1)NC1CCN(C(=O)C(CC)CC)CC1. The molecule has 1 aliphatic carbocycles.